The Kier molecular flexibility index (Phi) is 4.37. The second kappa shape index (κ2) is 5.33. The van der Waals surface area contributed by atoms with Gasteiger partial charge in [0.1, 0.15) is 0 Å². The number of nitrogens with zero attached hydrogens (tertiary/aromatic N) is 1. The Morgan fingerprint density at radius 3 is 2.86 bits per heavy atom. The molecule has 0 bridgehead atoms. The fraction of sp³-hybridized carbons (Fsp3) is 0.250. The maximum atomic E-state index is 10.6. The second-order valence-electron chi connectivity index (χ2n) is 2.44. The van der Waals surface area contributed by atoms with Gasteiger partial charge in [0.2, 0.25) is 0 Å². The van der Waals surface area contributed by atoms with Crippen molar-refractivity contribution < 1.29 is 10.0 Å². The fourth-order valence-corrected chi connectivity index (χ4v) is 2.23. The molecule has 0 saturated carbocycles. The minimum absolute atomic E-state index is 0.00827. The van der Waals surface area contributed by atoms with E-state index in [1.807, 2.05) is 0 Å². The zero-order valence-corrected chi connectivity index (χ0v) is 9.55. The van der Waals surface area contributed by atoms with Gasteiger partial charge in [-0.15, -0.1) is 11.8 Å². The largest absolute Gasteiger partial charge is 0.396 e. The summed E-state index contributed by atoms with van der Waals surface area (Å²) in [5, 5.41) is 19.2. The summed E-state index contributed by atoms with van der Waals surface area (Å²) in [6, 6.07) is 4.75. The number of halogens is 1. The quantitative estimate of drug-likeness (QED) is 0.522. The van der Waals surface area contributed by atoms with Gasteiger partial charge in [-0.3, -0.25) is 10.1 Å². The molecule has 1 rings (SSSR count). The second-order valence-corrected chi connectivity index (χ2v) is 4.49. The highest BCUT2D eigenvalue weighted by molar-refractivity contribution is 9.10. The van der Waals surface area contributed by atoms with Crippen LogP contribution in [-0.4, -0.2) is 22.4 Å². The molecule has 1 N–H and O–H groups in total. The van der Waals surface area contributed by atoms with Gasteiger partial charge in [0, 0.05) is 16.3 Å². The molecule has 0 aliphatic carbocycles. The smallest absolute Gasteiger partial charge is 0.282 e. The van der Waals surface area contributed by atoms with Gasteiger partial charge >= 0.3 is 0 Å². The first-order chi connectivity index (χ1) is 6.65. The van der Waals surface area contributed by atoms with E-state index in [9.17, 15) is 10.1 Å². The Labute approximate surface area is 93.6 Å². The lowest BCUT2D eigenvalue weighted by molar-refractivity contribution is -0.387. The van der Waals surface area contributed by atoms with Crippen LogP contribution < -0.4 is 0 Å². The third-order valence-corrected chi connectivity index (χ3v) is 2.99. The van der Waals surface area contributed by atoms with Gasteiger partial charge in [-0.05, 0) is 12.1 Å². The molecule has 0 fully saturated rings. The average Bonchev–Trinajstić information content (AvgIpc) is 2.14. The van der Waals surface area contributed by atoms with E-state index in [1.54, 1.807) is 12.1 Å². The van der Waals surface area contributed by atoms with Crippen molar-refractivity contribution in [3.05, 3.63) is 32.8 Å². The predicted octanol–water partition coefficient (Wildman–Crippen LogP) is 2.44. The van der Waals surface area contributed by atoms with Crippen LogP contribution in [0.5, 0.6) is 0 Å². The summed E-state index contributed by atoms with van der Waals surface area (Å²) in [4.78, 5) is 10.8. The number of nitro groups is 1. The number of hydrogen-bond donors (Lipinski definition) is 1. The minimum atomic E-state index is -0.424. The summed E-state index contributed by atoms with van der Waals surface area (Å²) in [5.74, 6) is 0.456. The Hall–Kier alpha value is -0.590. The number of benzene rings is 1. The molecule has 6 heteroatoms. The predicted molar refractivity (Wildman–Crippen MR) is 58.6 cm³/mol. The molecule has 4 nitrogen and oxygen atoms in total. The Bertz CT molecular complexity index is 345. The van der Waals surface area contributed by atoms with Crippen molar-refractivity contribution in [1.82, 2.24) is 0 Å². The molecule has 14 heavy (non-hydrogen) atoms. The normalized spacial score (nSPS) is 10.1. The third kappa shape index (κ3) is 2.97. The summed E-state index contributed by atoms with van der Waals surface area (Å²) in [7, 11) is 0. The molecule has 0 unspecified atom stereocenters. The number of thioether (sulfide) groups is 1. The first kappa shape index (κ1) is 11.5. The molecule has 0 aliphatic heterocycles. The molecular formula is C8H8BrNO3S. The van der Waals surface area contributed by atoms with E-state index >= 15 is 0 Å². The molecular weight excluding hydrogens is 270 g/mol. The first-order valence-electron chi connectivity index (χ1n) is 3.82. The van der Waals surface area contributed by atoms with Crippen molar-refractivity contribution in [2.75, 3.05) is 12.4 Å². The molecule has 0 aromatic heterocycles. The lowest BCUT2D eigenvalue weighted by Crippen LogP contribution is -1.92. The van der Waals surface area contributed by atoms with Crippen molar-refractivity contribution in [1.29, 1.82) is 0 Å². The fourth-order valence-electron chi connectivity index (χ4n) is 0.910. The van der Waals surface area contributed by atoms with Crippen molar-refractivity contribution in [3.8, 4) is 0 Å². The Balaban J connectivity index is 2.97. The molecule has 1 aromatic carbocycles. The summed E-state index contributed by atoms with van der Waals surface area (Å²) >= 11 is 4.51. The van der Waals surface area contributed by atoms with Gasteiger partial charge in [0.25, 0.3) is 5.69 Å². The highest BCUT2D eigenvalue weighted by Crippen LogP contribution is 2.31. The Morgan fingerprint density at radius 2 is 2.29 bits per heavy atom. The van der Waals surface area contributed by atoms with Gasteiger partial charge in [0.05, 0.1) is 16.4 Å². The van der Waals surface area contributed by atoms with Gasteiger partial charge in [-0.1, -0.05) is 15.9 Å². The maximum absolute atomic E-state index is 10.6. The minimum Gasteiger partial charge on any atom is -0.396 e. The molecule has 0 heterocycles. The van der Waals surface area contributed by atoms with Crippen LogP contribution in [-0.2, 0) is 0 Å². The van der Waals surface area contributed by atoms with Crippen molar-refractivity contribution in [2.24, 2.45) is 0 Å². The zero-order chi connectivity index (χ0) is 10.6. The maximum Gasteiger partial charge on any atom is 0.282 e. The molecule has 0 spiro atoms. The third-order valence-electron chi connectivity index (χ3n) is 1.47. The standard InChI is InChI=1S/C8H8BrNO3S/c9-6-1-2-7(10(12)13)8(5-6)14-4-3-11/h1-2,5,11H,3-4H2. The first-order valence-corrected chi connectivity index (χ1v) is 5.60. The highest BCUT2D eigenvalue weighted by atomic mass is 79.9. The Morgan fingerprint density at radius 1 is 1.57 bits per heavy atom. The monoisotopic (exact) mass is 277 g/mol. The highest BCUT2D eigenvalue weighted by Gasteiger charge is 2.13. The molecule has 0 radical (unpaired) electrons. The van der Waals surface area contributed by atoms with Gasteiger partial charge in [0.15, 0.2) is 0 Å². The topological polar surface area (TPSA) is 63.4 Å². The van der Waals surface area contributed by atoms with E-state index in [2.05, 4.69) is 15.9 Å². The van der Waals surface area contributed by atoms with Crippen LogP contribution in [0.25, 0.3) is 0 Å². The van der Waals surface area contributed by atoms with Gasteiger partial charge < -0.3 is 5.11 Å². The molecule has 1 aromatic rings. The molecule has 0 atom stereocenters. The van der Waals surface area contributed by atoms with E-state index in [4.69, 9.17) is 5.11 Å². The van der Waals surface area contributed by atoms with Crippen molar-refractivity contribution >= 4 is 33.4 Å². The molecule has 76 valence electrons. The van der Waals surface area contributed by atoms with Crippen LogP contribution in [0.2, 0.25) is 0 Å². The molecule has 0 saturated heterocycles. The lowest BCUT2D eigenvalue weighted by Gasteiger charge is -2.01. The molecule has 0 aliphatic rings. The number of nitro benzene ring substituents is 1. The van der Waals surface area contributed by atoms with Crippen LogP contribution in [0.3, 0.4) is 0 Å². The van der Waals surface area contributed by atoms with Crippen LogP contribution in [0.15, 0.2) is 27.6 Å². The van der Waals surface area contributed by atoms with Gasteiger partial charge in [-0.2, -0.15) is 0 Å². The van der Waals surface area contributed by atoms with E-state index in [0.717, 1.165) is 4.47 Å². The lowest BCUT2D eigenvalue weighted by atomic mass is 10.3. The number of aliphatic hydroxyl groups excluding tert-OH is 1. The van der Waals surface area contributed by atoms with E-state index in [0.29, 0.717) is 10.6 Å². The van der Waals surface area contributed by atoms with E-state index < -0.39 is 4.92 Å². The average molecular weight is 278 g/mol. The van der Waals surface area contributed by atoms with Crippen LogP contribution in [0, 0.1) is 10.1 Å². The SMILES string of the molecule is O=[N+]([O-])c1ccc(Br)cc1SCCO. The summed E-state index contributed by atoms with van der Waals surface area (Å²) in [5.41, 5.74) is 0.0756. The number of aliphatic hydroxyl groups is 1. The van der Waals surface area contributed by atoms with Gasteiger partial charge in [-0.25, -0.2) is 0 Å². The summed E-state index contributed by atoms with van der Waals surface area (Å²) in [6.45, 7) is 0.00827. The number of rotatable bonds is 4. The van der Waals surface area contributed by atoms with E-state index in [1.165, 1.54) is 17.8 Å². The van der Waals surface area contributed by atoms with Crippen LogP contribution >= 0.6 is 27.7 Å². The summed E-state index contributed by atoms with van der Waals surface area (Å²) < 4.78 is 0.795. The van der Waals surface area contributed by atoms with Crippen LogP contribution in [0.1, 0.15) is 0 Å². The van der Waals surface area contributed by atoms with Crippen LogP contribution in [0.4, 0.5) is 5.69 Å². The summed E-state index contributed by atoms with van der Waals surface area (Å²) in [6.07, 6.45) is 0. The number of hydrogen-bond acceptors (Lipinski definition) is 4. The van der Waals surface area contributed by atoms with Crippen molar-refractivity contribution in [2.45, 2.75) is 4.90 Å². The van der Waals surface area contributed by atoms with Crippen molar-refractivity contribution in [3.63, 3.8) is 0 Å². The zero-order valence-electron chi connectivity index (χ0n) is 7.14. The van der Waals surface area contributed by atoms with E-state index in [-0.39, 0.29) is 12.3 Å². The molecule has 0 amide bonds.